The molecule has 34 heavy (non-hydrogen) atoms. The molecule has 9 heteroatoms. The predicted octanol–water partition coefficient (Wildman–Crippen LogP) is 5.01. The minimum Gasteiger partial charge on any atom is -0.496 e. The molecule has 2 atom stereocenters. The van der Waals surface area contributed by atoms with Crippen molar-refractivity contribution in [3.05, 3.63) is 60.2 Å². The van der Waals surface area contributed by atoms with Crippen LogP contribution in [0.25, 0.3) is 11.1 Å². The largest absolute Gasteiger partial charge is 0.496 e. The molecule has 0 bridgehead atoms. The van der Waals surface area contributed by atoms with E-state index in [1.54, 1.807) is 30.2 Å². The number of carboxylic acid groups (broad SMARTS) is 1. The third kappa shape index (κ3) is 3.57. The van der Waals surface area contributed by atoms with E-state index in [0.29, 0.717) is 23.0 Å². The van der Waals surface area contributed by atoms with Crippen LogP contribution in [0.3, 0.4) is 0 Å². The number of halogens is 1. The third-order valence-corrected chi connectivity index (χ3v) is 6.55. The van der Waals surface area contributed by atoms with Crippen LogP contribution in [0.4, 0.5) is 20.6 Å². The van der Waals surface area contributed by atoms with Crippen molar-refractivity contribution in [2.45, 2.75) is 44.8 Å². The molecule has 0 radical (unpaired) electrons. The molecule has 176 valence electrons. The number of carbonyl (C=O) groups is 2. The molecule has 0 spiro atoms. The summed E-state index contributed by atoms with van der Waals surface area (Å²) in [5.41, 5.74) is 3.00. The molecular formula is C25H25FN4O4. The number of hydrogen-bond donors (Lipinski definition) is 1. The Bertz CT molecular complexity index is 1290. The molecular weight excluding hydrogens is 439 g/mol. The maximum absolute atomic E-state index is 13.9. The van der Waals surface area contributed by atoms with E-state index in [-0.39, 0.29) is 11.7 Å². The molecule has 1 fully saturated rings. The average Bonchev–Trinajstić information content (AvgIpc) is 3.54. The standard InChI is InChI=1S/C25H25FN4O4/c1-14-24(20-8-5-18(26)11-23(20)34-3)30(25(32)33)22-10-16(4-9-21(22)29(14)15(2)31)17-12-27-28(13-17)19-6-7-19/h4-5,8-14,19,24H,6-7H2,1-3H3,(H,32,33)/t14-,24?/m0/s1. The number of anilines is 2. The van der Waals surface area contributed by atoms with Gasteiger partial charge < -0.3 is 14.7 Å². The van der Waals surface area contributed by atoms with Gasteiger partial charge in [-0.15, -0.1) is 0 Å². The monoisotopic (exact) mass is 464 g/mol. The molecule has 0 saturated heterocycles. The summed E-state index contributed by atoms with van der Waals surface area (Å²) in [7, 11) is 1.41. The molecule has 5 rings (SSSR count). The molecule has 1 aromatic heterocycles. The highest BCUT2D eigenvalue weighted by Crippen LogP contribution is 2.48. The smallest absolute Gasteiger partial charge is 0.412 e. The molecule has 2 aromatic carbocycles. The number of aromatic nitrogens is 2. The van der Waals surface area contributed by atoms with Crippen molar-refractivity contribution in [1.29, 1.82) is 0 Å². The van der Waals surface area contributed by atoms with Crippen molar-refractivity contribution < 1.29 is 23.8 Å². The molecule has 2 heterocycles. The maximum Gasteiger partial charge on any atom is 0.412 e. The second kappa shape index (κ2) is 8.16. The van der Waals surface area contributed by atoms with E-state index in [2.05, 4.69) is 5.10 Å². The minimum absolute atomic E-state index is 0.219. The van der Waals surface area contributed by atoms with Gasteiger partial charge in [-0.2, -0.15) is 5.10 Å². The van der Waals surface area contributed by atoms with Crippen molar-refractivity contribution in [2.24, 2.45) is 0 Å². The first-order valence-electron chi connectivity index (χ1n) is 11.1. The van der Waals surface area contributed by atoms with Gasteiger partial charge in [0.05, 0.1) is 42.8 Å². The van der Waals surface area contributed by atoms with Crippen molar-refractivity contribution in [3.63, 3.8) is 0 Å². The summed E-state index contributed by atoms with van der Waals surface area (Å²) in [5.74, 6) is -0.499. The summed E-state index contributed by atoms with van der Waals surface area (Å²) >= 11 is 0. The zero-order valence-corrected chi connectivity index (χ0v) is 19.1. The summed E-state index contributed by atoms with van der Waals surface area (Å²) < 4.78 is 21.2. The Kier molecular flexibility index (Phi) is 5.27. The Balaban J connectivity index is 1.68. The van der Waals surface area contributed by atoms with E-state index in [4.69, 9.17) is 4.74 Å². The lowest BCUT2D eigenvalue weighted by molar-refractivity contribution is -0.117. The fourth-order valence-corrected chi connectivity index (χ4v) is 4.86. The van der Waals surface area contributed by atoms with E-state index < -0.39 is 24.0 Å². The Morgan fingerprint density at radius 3 is 2.50 bits per heavy atom. The Morgan fingerprint density at radius 1 is 1.09 bits per heavy atom. The van der Waals surface area contributed by atoms with E-state index in [1.807, 2.05) is 16.9 Å². The summed E-state index contributed by atoms with van der Waals surface area (Å²) in [6.07, 6.45) is 4.74. The zero-order valence-electron chi connectivity index (χ0n) is 19.1. The number of rotatable bonds is 4. The van der Waals surface area contributed by atoms with Gasteiger partial charge in [0.15, 0.2) is 0 Å². The van der Waals surface area contributed by atoms with Gasteiger partial charge in [-0.05, 0) is 43.5 Å². The van der Waals surface area contributed by atoms with Gasteiger partial charge in [0, 0.05) is 30.3 Å². The molecule has 3 aromatic rings. The van der Waals surface area contributed by atoms with Crippen LogP contribution >= 0.6 is 0 Å². The minimum atomic E-state index is -1.18. The van der Waals surface area contributed by atoms with Crippen LogP contribution in [0.5, 0.6) is 5.75 Å². The summed E-state index contributed by atoms with van der Waals surface area (Å²) in [4.78, 5) is 28.2. The topological polar surface area (TPSA) is 87.9 Å². The highest BCUT2D eigenvalue weighted by Gasteiger charge is 2.43. The second-order valence-electron chi connectivity index (χ2n) is 8.76. The van der Waals surface area contributed by atoms with Gasteiger partial charge >= 0.3 is 6.09 Å². The van der Waals surface area contributed by atoms with E-state index in [0.717, 1.165) is 24.0 Å². The molecule has 1 saturated carbocycles. The molecule has 8 nitrogen and oxygen atoms in total. The van der Waals surface area contributed by atoms with Gasteiger partial charge in [-0.25, -0.2) is 9.18 Å². The fourth-order valence-electron chi connectivity index (χ4n) is 4.86. The fraction of sp³-hybridized carbons (Fsp3) is 0.320. The highest BCUT2D eigenvalue weighted by atomic mass is 19.1. The van der Waals surface area contributed by atoms with E-state index in [9.17, 15) is 19.1 Å². The number of methoxy groups -OCH3 is 1. The molecule has 1 aliphatic heterocycles. The summed E-state index contributed by atoms with van der Waals surface area (Å²) in [6, 6.07) is 8.45. The van der Waals surface area contributed by atoms with Crippen molar-refractivity contribution in [1.82, 2.24) is 9.78 Å². The number of benzene rings is 2. The summed E-state index contributed by atoms with van der Waals surface area (Å²) in [6.45, 7) is 3.23. The predicted molar refractivity (Wildman–Crippen MR) is 125 cm³/mol. The maximum atomic E-state index is 13.9. The molecule has 1 aliphatic carbocycles. The second-order valence-corrected chi connectivity index (χ2v) is 8.76. The van der Waals surface area contributed by atoms with Gasteiger partial charge in [0.25, 0.3) is 0 Å². The van der Waals surface area contributed by atoms with Crippen LogP contribution < -0.4 is 14.5 Å². The number of nitrogens with zero attached hydrogens (tertiary/aromatic N) is 4. The van der Waals surface area contributed by atoms with E-state index >= 15 is 0 Å². The third-order valence-electron chi connectivity index (χ3n) is 6.55. The molecule has 2 aliphatic rings. The quantitative estimate of drug-likeness (QED) is 0.586. The Labute approximate surface area is 196 Å². The van der Waals surface area contributed by atoms with Crippen LogP contribution in [0, 0.1) is 5.82 Å². The number of carbonyl (C=O) groups excluding carboxylic acids is 1. The molecule has 2 amide bonds. The Hall–Kier alpha value is -3.88. The number of hydrogen-bond acceptors (Lipinski definition) is 4. The lowest BCUT2D eigenvalue weighted by atomic mass is 9.91. The number of fused-ring (bicyclic) bond motifs is 1. The van der Waals surface area contributed by atoms with Gasteiger partial charge in [0.1, 0.15) is 11.6 Å². The zero-order chi connectivity index (χ0) is 24.1. The van der Waals surface area contributed by atoms with Crippen LogP contribution in [0.15, 0.2) is 48.8 Å². The van der Waals surface area contributed by atoms with E-state index in [1.165, 1.54) is 37.1 Å². The lowest BCUT2D eigenvalue weighted by Crippen LogP contribution is -2.53. The molecule has 1 N–H and O–H groups in total. The normalized spacial score (nSPS) is 19.6. The van der Waals surface area contributed by atoms with Crippen LogP contribution in [-0.4, -0.2) is 40.0 Å². The van der Waals surface area contributed by atoms with Gasteiger partial charge in [-0.1, -0.05) is 12.1 Å². The van der Waals surface area contributed by atoms with Crippen LogP contribution in [-0.2, 0) is 4.79 Å². The van der Waals surface area contributed by atoms with Crippen molar-refractivity contribution in [3.8, 4) is 16.9 Å². The first kappa shape index (κ1) is 21.9. The van der Waals surface area contributed by atoms with Gasteiger partial charge in [0.2, 0.25) is 5.91 Å². The Morgan fingerprint density at radius 2 is 1.85 bits per heavy atom. The average molecular weight is 464 g/mol. The van der Waals surface area contributed by atoms with Crippen LogP contribution in [0.2, 0.25) is 0 Å². The number of ether oxygens (including phenoxy) is 1. The SMILES string of the molecule is COc1cc(F)ccc1C1[C@H](C)N(C(C)=O)c2ccc(-c3cnn(C4CC4)c3)cc2N1C(=O)O. The van der Waals surface area contributed by atoms with Crippen LogP contribution in [0.1, 0.15) is 44.3 Å². The summed E-state index contributed by atoms with van der Waals surface area (Å²) in [5, 5.41) is 14.8. The lowest BCUT2D eigenvalue weighted by Gasteiger charge is -2.46. The molecule has 1 unspecified atom stereocenters. The highest BCUT2D eigenvalue weighted by molar-refractivity contribution is 6.03. The first-order valence-corrected chi connectivity index (χ1v) is 11.1. The first-order chi connectivity index (χ1) is 16.3. The van der Waals surface area contributed by atoms with Crippen molar-refractivity contribution >= 4 is 23.4 Å². The van der Waals surface area contributed by atoms with Gasteiger partial charge in [-0.3, -0.25) is 14.4 Å². The van der Waals surface area contributed by atoms with Crippen molar-refractivity contribution in [2.75, 3.05) is 16.9 Å². The number of amides is 2.